The van der Waals surface area contributed by atoms with Crippen molar-refractivity contribution in [3.63, 3.8) is 0 Å². The lowest BCUT2D eigenvalue weighted by Gasteiger charge is -2.30. The normalized spacial score (nSPS) is 16.8. The van der Waals surface area contributed by atoms with E-state index in [-0.39, 0.29) is 5.02 Å². The van der Waals surface area contributed by atoms with Crippen LogP contribution < -0.4 is 10.6 Å². The van der Waals surface area contributed by atoms with Gasteiger partial charge in [-0.25, -0.2) is 9.38 Å². The lowest BCUT2D eigenvalue weighted by Crippen LogP contribution is -2.46. The molecule has 2 aromatic carbocycles. The highest BCUT2D eigenvalue weighted by molar-refractivity contribution is 6.31. The first-order valence-corrected chi connectivity index (χ1v) is 8.00. The molecule has 0 spiro atoms. The molecule has 2 aliphatic rings. The fourth-order valence-electron chi connectivity index (χ4n) is 2.95. The fourth-order valence-corrected chi connectivity index (χ4v) is 3.11. The molecule has 1 fully saturated rings. The third kappa shape index (κ3) is 2.66. The predicted octanol–water partition coefficient (Wildman–Crippen LogP) is 3.52. The molecule has 118 valence electrons. The summed E-state index contributed by atoms with van der Waals surface area (Å²) in [7, 11) is 0. The summed E-state index contributed by atoms with van der Waals surface area (Å²) in [6, 6.07) is 10.9. The van der Waals surface area contributed by atoms with Gasteiger partial charge in [0.1, 0.15) is 11.7 Å². The molecule has 0 bridgehead atoms. The molecule has 1 saturated heterocycles. The van der Waals surface area contributed by atoms with Crippen molar-refractivity contribution in [2.75, 3.05) is 31.5 Å². The van der Waals surface area contributed by atoms with Gasteiger partial charge in [0.05, 0.1) is 16.4 Å². The number of amidine groups is 1. The van der Waals surface area contributed by atoms with Gasteiger partial charge in [-0.05, 0) is 18.2 Å². The van der Waals surface area contributed by atoms with Crippen LogP contribution >= 0.6 is 11.6 Å². The van der Waals surface area contributed by atoms with Gasteiger partial charge < -0.3 is 15.5 Å². The van der Waals surface area contributed by atoms with Crippen LogP contribution in [0.5, 0.6) is 0 Å². The van der Waals surface area contributed by atoms with Crippen molar-refractivity contribution in [2.24, 2.45) is 4.99 Å². The highest BCUT2D eigenvalue weighted by atomic mass is 35.5. The molecule has 0 unspecified atom stereocenters. The molecule has 0 saturated carbocycles. The number of anilines is 2. The molecule has 0 atom stereocenters. The molecule has 23 heavy (non-hydrogen) atoms. The molecule has 2 aromatic rings. The highest BCUT2D eigenvalue weighted by Crippen LogP contribution is 2.37. The van der Waals surface area contributed by atoms with Crippen LogP contribution in [0.2, 0.25) is 5.02 Å². The second-order valence-corrected chi connectivity index (χ2v) is 6.03. The highest BCUT2D eigenvalue weighted by Gasteiger charge is 2.23. The maximum atomic E-state index is 13.8. The van der Waals surface area contributed by atoms with Crippen LogP contribution in [0, 0.1) is 5.82 Å². The molecular weight excluding hydrogens is 315 g/mol. The van der Waals surface area contributed by atoms with E-state index in [1.807, 2.05) is 24.3 Å². The van der Waals surface area contributed by atoms with E-state index in [0.717, 1.165) is 43.3 Å². The lowest BCUT2D eigenvalue weighted by molar-refractivity contribution is 0.358. The molecule has 0 radical (unpaired) electrons. The summed E-state index contributed by atoms with van der Waals surface area (Å²) < 4.78 is 13.8. The topological polar surface area (TPSA) is 39.7 Å². The van der Waals surface area contributed by atoms with Crippen LogP contribution in [0.3, 0.4) is 0 Å². The molecule has 2 heterocycles. The minimum Gasteiger partial charge on any atom is -0.353 e. The lowest BCUT2D eigenvalue weighted by atomic mass is 10.1. The van der Waals surface area contributed by atoms with Crippen molar-refractivity contribution < 1.29 is 4.39 Å². The second kappa shape index (κ2) is 5.83. The minimum absolute atomic E-state index is 0.0833. The Hall–Kier alpha value is -2.11. The number of rotatable bonds is 0. The second-order valence-electron chi connectivity index (χ2n) is 5.63. The van der Waals surface area contributed by atoms with Crippen molar-refractivity contribution in [2.45, 2.75) is 0 Å². The molecule has 4 nitrogen and oxygen atoms in total. The average molecular weight is 331 g/mol. The number of para-hydroxylation sites is 1. The number of nitrogens with one attached hydrogen (secondary N) is 2. The van der Waals surface area contributed by atoms with Crippen LogP contribution in [-0.2, 0) is 0 Å². The number of halogens is 2. The summed E-state index contributed by atoms with van der Waals surface area (Å²) in [6.07, 6.45) is 0. The maximum absolute atomic E-state index is 13.8. The molecule has 0 aliphatic carbocycles. The standard InChI is InChI=1S/C17H16ClFN4/c18-12-9-15-16(10-13(12)19)21-14-4-2-1-3-11(14)17(22-15)23-7-5-20-6-8-23/h1-4,9-10,20-21H,5-8H2. The molecule has 0 aromatic heterocycles. The number of aliphatic imine (C=N–C) groups is 1. The Morgan fingerprint density at radius 1 is 1.09 bits per heavy atom. The van der Waals surface area contributed by atoms with E-state index < -0.39 is 5.82 Å². The first kappa shape index (κ1) is 14.5. The van der Waals surface area contributed by atoms with Gasteiger partial charge in [-0.3, -0.25) is 0 Å². The minimum atomic E-state index is -0.448. The summed E-state index contributed by atoms with van der Waals surface area (Å²) >= 11 is 5.95. The zero-order valence-electron chi connectivity index (χ0n) is 12.4. The SMILES string of the molecule is Fc1cc2c(cc1Cl)N=C(N1CCNCC1)c1ccccc1N2. The number of nitrogens with zero attached hydrogens (tertiary/aromatic N) is 2. The summed E-state index contributed by atoms with van der Waals surface area (Å²) in [5.41, 5.74) is 3.22. The molecular formula is C17H16ClFN4. The first-order valence-electron chi connectivity index (χ1n) is 7.62. The molecule has 6 heteroatoms. The van der Waals surface area contributed by atoms with E-state index >= 15 is 0 Å². The van der Waals surface area contributed by atoms with Crippen molar-refractivity contribution >= 4 is 34.5 Å². The van der Waals surface area contributed by atoms with Gasteiger partial charge in [0, 0.05) is 43.5 Å². The van der Waals surface area contributed by atoms with Gasteiger partial charge in [-0.1, -0.05) is 23.7 Å². The van der Waals surface area contributed by atoms with Crippen molar-refractivity contribution in [1.29, 1.82) is 0 Å². The molecule has 2 aliphatic heterocycles. The largest absolute Gasteiger partial charge is 0.353 e. The Morgan fingerprint density at radius 2 is 1.87 bits per heavy atom. The Bertz CT molecular complexity index is 784. The summed E-state index contributed by atoms with van der Waals surface area (Å²) in [5, 5.41) is 6.71. The maximum Gasteiger partial charge on any atom is 0.144 e. The Kier molecular flexibility index (Phi) is 3.67. The first-order chi connectivity index (χ1) is 11.2. The zero-order valence-corrected chi connectivity index (χ0v) is 13.2. The Balaban J connectivity index is 1.89. The van der Waals surface area contributed by atoms with Gasteiger partial charge in [0.15, 0.2) is 0 Å². The Labute approximate surface area is 139 Å². The predicted molar refractivity (Wildman–Crippen MR) is 91.8 cm³/mol. The zero-order chi connectivity index (χ0) is 15.8. The van der Waals surface area contributed by atoms with E-state index in [9.17, 15) is 4.39 Å². The smallest absolute Gasteiger partial charge is 0.144 e. The van der Waals surface area contributed by atoms with Crippen LogP contribution in [0.25, 0.3) is 0 Å². The third-order valence-corrected chi connectivity index (χ3v) is 4.41. The van der Waals surface area contributed by atoms with E-state index in [2.05, 4.69) is 15.5 Å². The fraction of sp³-hybridized carbons (Fsp3) is 0.235. The van der Waals surface area contributed by atoms with Gasteiger partial charge in [-0.15, -0.1) is 0 Å². The van der Waals surface area contributed by atoms with Gasteiger partial charge >= 0.3 is 0 Å². The molecule has 0 amide bonds. The number of benzene rings is 2. The van der Waals surface area contributed by atoms with E-state index in [1.165, 1.54) is 6.07 Å². The average Bonchev–Trinajstić information content (AvgIpc) is 2.73. The van der Waals surface area contributed by atoms with Gasteiger partial charge in [-0.2, -0.15) is 0 Å². The summed E-state index contributed by atoms with van der Waals surface area (Å²) in [6.45, 7) is 3.62. The summed E-state index contributed by atoms with van der Waals surface area (Å²) in [5.74, 6) is 0.451. The number of fused-ring (bicyclic) bond motifs is 2. The number of piperazine rings is 1. The van der Waals surface area contributed by atoms with Crippen LogP contribution in [0.1, 0.15) is 5.56 Å². The third-order valence-electron chi connectivity index (χ3n) is 4.12. The number of hydrogen-bond acceptors (Lipinski definition) is 4. The van der Waals surface area contributed by atoms with Crippen LogP contribution in [-0.4, -0.2) is 36.9 Å². The Morgan fingerprint density at radius 3 is 2.70 bits per heavy atom. The van der Waals surface area contributed by atoms with Crippen LogP contribution in [0.4, 0.5) is 21.5 Å². The number of hydrogen-bond donors (Lipinski definition) is 2. The van der Waals surface area contributed by atoms with E-state index in [1.54, 1.807) is 6.07 Å². The van der Waals surface area contributed by atoms with Crippen molar-refractivity contribution in [3.05, 3.63) is 52.8 Å². The summed E-state index contributed by atoms with van der Waals surface area (Å²) in [4.78, 5) is 7.06. The van der Waals surface area contributed by atoms with E-state index in [0.29, 0.717) is 11.4 Å². The molecule has 4 rings (SSSR count). The molecule has 2 N–H and O–H groups in total. The van der Waals surface area contributed by atoms with Crippen molar-refractivity contribution in [3.8, 4) is 0 Å². The monoisotopic (exact) mass is 330 g/mol. The van der Waals surface area contributed by atoms with Crippen molar-refractivity contribution in [1.82, 2.24) is 10.2 Å². The van der Waals surface area contributed by atoms with E-state index in [4.69, 9.17) is 16.6 Å². The van der Waals surface area contributed by atoms with Gasteiger partial charge in [0.2, 0.25) is 0 Å². The van der Waals surface area contributed by atoms with Gasteiger partial charge in [0.25, 0.3) is 0 Å². The quantitative estimate of drug-likeness (QED) is 0.776. The van der Waals surface area contributed by atoms with Crippen LogP contribution in [0.15, 0.2) is 41.4 Å².